The van der Waals surface area contributed by atoms with Gasteiger partial charge in [0, 0.05) is 12.3 Å². The highest BCUT2D eigenvalue weighted by Gasteiger charge is 2.12. The Morgan fingerprint density at radius 3 is 2.79 bits per heavy atom. The van der Waals surface area contributed by atoms with Crippen molar-refractivity contribution in [3.05, 3.63) is 53.0 Å². The van der Waals surface area contributed by atoms with Gasteiger partial charge in [-0.3, -0.25) is 4.79 Å². The molecule has 0 saturated carbocycles. The number of hydrogen-bond donors (Lipinski definition) is 2. The second kappa shape index (κ2) is 9.22. The van der Waals surface area contributed by atoms with Crippen molar-refractivity contribution in [1.29, 1.82) is 0 Å². The topological polar surface area (TPSA) is 86.7 Å². The first kappa shape index (κ1) is 18.2. The fourth-order valence-corrected chi connectivity index (χ4v) is 2.22. The first-order valence-electron chi connectivity index (χ1n) is 7.98. The molecular formula is C18H24N2O4. The van der Waals surface area contributed by atoms with E-state index in [1.165, 1.54) is 6.26 Å². The Kier molecular flexibility index (Phi) is 6.99. The van der Waals surface area contributed by atoms with Crippen molar-refractivity contribution in [2.24, 2.45) is 5.73 Å². The van der Waals surface area contributed by atoms with Crippen LogP contribution >= 0.6 is 0 Å². The molecule has 24 heavy (non-hydrogen) atoms. The summed E-state index contributed by atoms with van der Waals surface area (Å²) in [6.45, 7) is 6.46. The maximum atomic E-state index is 12.3. The fourth-order valence-electron chi connectivity index (χ4n) is 2.22. The molecule has 0 unspecified atom stereocenters. The van der Waals surface area contributed by atoms with E-state index in [2.05, 4.69) is 5.32 Å². The predicted octanol–water partition coefficient (Wildman–Crippen LogP) is 2.85. The lowest BCUT2D eigenvalue weighted by molar-refractivity contribution is 0.0451. The van der Waals surface area contributed by atoms with E-state index in [0.717, 1.165) is 16.8 Å². The molecule has 1 aromatic carbocycles. The number of carbonyl (C=O) groups excluding carboxylic acids is 1. The molecule has 0 fully saturated rings. The highest BCUT2D eigenvalue weighted by Crippen LogP contribution is 2.21. The van der Waals surface area contributed by atoms with Crippen molar-refractivity contribution in [2.45, 2.75) is 27.0 Å². The van der Waals surface area contributed by atoms with E-state index in [0.29, 0.717) is 37.8 Å². The van der Waals surface area contributed by atoms with E-state index in [-0.39, 0.29) is 12.5 Å². The molecule has 0 aliphatic rings. The minimum absolute atomic E-state index is 0.226. The molecule has 3 N–H and O–H groups in total. The van der Waals surface area contributed by atoms with Gasteiger partial charge in [0.1, 0.15) is 12.0 Å². The minimum atomic E-state index is -0.226. The number of rotatable bonds is 9. The number of nitrogens with one attached hydrogen (secondary N) is 1. The van der Waals surface area contributed by atoms with Crippen LogP contribution < -0.4 is 11.1 Å². The van der Waals surface area contributed by atoms with Crippen molar-refractivity contribution in [2.75, 3.05) is 25.1 Å². The third-order valence-electron chi connectivity index (χ3n) is 3.65. The zero-order valence-electron chi connectivity index (χ0n) is 14.1. The van der Waals surface area contributed by atoms with Crippen LogP contribution in [0.5, 0.6) is 0 Å². The average molecular weight is 332 g/mol. The Morgan fingerprint density at radius 2 is 2.08 bits per heavy atom. The molecule has 0 aliphatic carbocycles. The van der Waals surface area contributed by atoms with Crippen molar-refractivity contribution in [3.8, 4) is 0 Å². The Morgan fingerprint density at radius 1 is 1.29 bits per heavy atom. The van der Waals surface area contributed by atoms with Crippen LogP contribution in [0.3, 0.4) is 0 Å². The van der Waals surface area contributed by atoms with E-state index >= 15 is 0 Å². The van der Waals surface area contributed by atoms with Crippen molar-refractivity contribution < 1.29 is 18.7 Å². The maximum absolute atomic E-state index is 12.3. The van der Waals surface area contributed by atoms with E-state index in [4.69, 9.17) is 19.6 Å². The van der Waals surface area contributed by atoms with Crippen LogP contribution in [0.4, 0.5) is 5.69 Å². The highest BCUT2D eigenvalue weighted by atomic mass is 16.5. The quantitative estimate of drug-likeness (QED) is 0.690. The molecule has 1 heterocycles. The number of nitrogens with two attached hydrogens (primary N) is 1. The summed E-state index contributed by atoms with van der Waals surface area (Å²) in [4.78, 5) is 12.3. The van der Waals surface area contributed by atoms with E-state index in [9.17, 15) is 4.79 Å². The summed E-state index contributed by atoms with van der Waals surface area (Å²) in [6.07, 6.45) is 1.41. The van der Waals surface area contributed by atoms with Gasteiger partial charge in [-0.15, -0.1) is 0 Å². The van der Waals surface area contributed by atoms with Gasteiger partial charge in [0.2, 0.25) is 0 Å². The Balaban J connectivity index is 1.97. The van der Waals surface area contributed by atoms with Crippen LogP contribution in [0, 0.1) is 6.92 Å². The Hall–Kier alpha value is -2.15. The minimum Gasteiger partial charge on any atom is -0.467 e. The molecular weight excluding hydrogens is 308 g/mol. The van der Waals surface area contributed by atoms with Crippen LogP contribution in [-0.2, 0) is 22.6 Å². The number of anilines is 1. The van der Waals surface area contributed by atoms with E-state index in [1.807, 2.05) is 32.0 Å². The van der Waals surface area contributed by atoms with Crippen LogP contribution in [-0.4, -0.2) is 25.7 Å². The maximum Gasteiger partial charge on any atom is 0.258 e. The number of ether oxygens (including phenoxy) is 2. The lowest BCUT2D eigenvalue weighted by Crippen LogP contribution is -2.13. The van der Waals surface area contributed by atoms with Crippen molar-refractivity contribution >= 4 is 11.6 Å². The Bertz CT molecular complexity index is 667. The summed E-state index contributed by atoms with van der Waals surface area (Å²) >= 11 is 0. The van der Waals surface area contributed by atoms with Gasteiger partial charge >= 0.3 is 0 Å². The standard InChI is InChI=1S/C18H24N2O4/c1-3-22-7-8-23-11-14-5-4-6-17(13(14)2)20-18(21)15-9-16(10-19)24-12-15/h4-6,9,12H,3,7-8,10-11,19H2,1-2H3,(H,20,21). The average Bonchev–Trinajstić information content (AvgIpc) is 3.07. The second-order valence-electron chi connectivity index (χ2n) is 5.30. The zero-order valence-corrected chi connectivity index (χ0v) is 14.1. The highest BCUT2D eigenvalue weighted by molar-refractivity contribution is 6.04. The SMILES string of the molecule is CCOCCOCc1cccc(NC(=O)c2coc(CN)c2)c1C. The third kappa shape index (κ3) is 4.92. The molecule has 6 nitrogen and oxygen atoms in total. The third-order valence-corrected chi connectivity index (χ3v) is 3.65. The van der Waals surface area contributed by atoms with Gasteiger partial charge in [-0.1, -0.05) is 12.1 Å². The first-order valence-corrected chi connectivity index (χ1v) is 7.98. The number of furan rings is 1. The number of benzene rings is 1. The summed E-state index contributed by atoms with van der Waals surface area (Å²) < 4.78 is 16.0. The molecule has 130 valence electrons. The second-order valence-corrected chi connectivity index (χ2v) is 5.30. The van der Waals surface area contributed by atoms with Gasteiger partial charge in [0.25, 0.3) is 5.91 Å². The molecule has 6 heteroatoms. The Labute approximate surface area is 141 Å². The van der Waals surface area contributed by atoms with Crippen LogP contribution in [0.2, 0.25) is 0 Å². The zero-order chi connectivity index (χ0) is 17.4. The van der Waals surface area contributed by atoms with Gasteiger partial charge in [0.15, 0.2) is 0 Å². The normalized spacial score (nSPS) is 10.8. The lowest BCUT2D eigenvalue weighted by atomic mass is 10.1. The van der Waals surface area contributed by atoms with Crippen molar-refractivity contribution in [1.82, 2.24) is 0 Å². The molecule has 1 amide bonds. The predicted molar refractivity (Wildman–Crippen MR) is 91.9 cm³/mol. The summed E-state index contributed by atoms with van der Waals surface area (Å²) in [5.74, 6) is 0.351. The number of carbonyl (C=O) groups is 1. The first-order chi connectivity index (χ1) is 11.7. The van der Waals surface area contributed by atoms with Gasteiger partial charge in [-0.05, 0) is 37.1 Å². The van der Waals surface area contributed by atoms with Crippen molar-refractivity contribution in [3.63, 3.8) is 0 Å². The fraction of sp³-hybridized carbons (Fsp3) is 0.389. The van der Waals surface area contributed by atoms with E-state index < -0.39 is 0 Å². The van der Waals surface area contributed by atoms with E-state index in [1.54, 1.807) is 6.07 Å². The molecule has 0 saturated heterocycles. The van der Waals surface area contributed by atoms with Gasteiger partial charge in [0.05, 0.1) is 31.9 Å². The molecule has 2 aromatic rings. The largest absolute Gasteiger partial charge is 0.467 e. The van der Waals surface area contributed by atoms with Crippen LogP contribution in [0.15, 0.2) is 34.9 Å². The smallest absolute Gasteiger partial charge is 0.258 e. The van der Waals surface area contributed by atoms with Gasteiger partial charge < -0.3 is 24.9 Å². The number of hydrogen-bond acceptors (Lipinski definition) is 5. The van der Waals surface area contributed by atoms with Gasteiger partial charge in [-0.25, -0.2) is 0 Å². The molecule has 0 spiro atoms. The molecule has 1 aromatic heterocycles. The molecule has 2 rings (SSSR count). The summed E-state index contributed by atoms with van der Waals surface area (Å²) in [7, 11) is 0. The summed E-state index contributed by atoms with van der Waals surface area (Å²) in [5.41, 5.74) is 8.70. The molecule has 0 bridgehead atoms. The monoisotopic (exact) mass is 332 g/mol. The number of amides is 1. The molecule has 0 aliphatic heterocycles. The van der Waals surface area contributed by atoms with Crippen LogP contribution in [0.25, 0.3) is 0 Å². The summed E-state index contributed by atoms with van der Waals surface area (Å²) in [5, 5.41) is 2.90. The van der Waals surface area contributed by atoms with Crippen LogP contribution in [0.1, 0.15) is 34.2 Å². The lowest BCUT2D eigenvalue weighted by Gasteiger charge is -2.12. The summed E-state index contributed by atoms with van der Waals surface area (Å²) in [6, 6.07) is 7.38. The molecule has 0 radical (unpaired) electrons. The molecule has 0 atom stereocenters. The van der Waals surface area contributed by atoms with Gasteiger partial charge in [-0.2, -0.15) is 0 Å².